The van der Waals surface area contributed by atoms with Crippen LogP contribution in [0.2, 0.25) is 0 Å². The molecule has 0 saturated carbocycles. The van der Waals surface area contributed by atoms with Crippen LogP contribution in [0, 0.1) is 13.8 Å². The van der Waals surface area contributed by atoms with E-state index in [-0.39, 0.29) is 11.7 Å². The third-order valence-corrected chi connectivity index (χ3v) is 4.95. The van der Waals surface area contributed by atoms with Crippen molar-refractivity contribution >= 4 is 11.7 Å². The van der Waals surface area contributed by atoms with E-state index < -0.39 is 0 Å². The highest BCUT2D eigenvalue weighted by Gasteiger charge is 2.20. The van der Waals surface area contributed by atoms with Crippen LogP contribution in [-0.4, -0.2) is 35.2 Å². The molecule has 0 N–H and O–H groups in total. The third-order valence-electron chi connectivity index (χ3n) is 4.95. The molecule has 0 bridgehead atoms. The minimum atomic E-state index is -0.163. The number of amides is 1. The minimum Gasteiger partial charge on any atom is -0.341 e. The smallest absolute Gasteiger partial charge is 0.254 e. The van der Waals surface area contributed by atoms with Crippen LogP contribution in [0.3, 0.4) is 0 Å². The van der Waals surface area contributed by atoms with Gasteiger partial charge in [-0.2, -0.15) is 0 Å². The van der Waals surface area contributed by atoms with E-state index in [1.54, 1.807) is 42.4 Å². The van der Waals surface area contributed by atoms with E-state index >= 15 is 0 Å². The first-order valence-electron chi connectivity index (χ1n) is 9.33. The number of nitrogens with zero attached hydrogens (tertiary/aromatic N) is 2. The van der Waals surface area contributed by atoms with Gasteiger partial charge in [-0.15, -0.1) is 0 Å². The van der Waals surface area contributed by atoms with Crippen molar-refractivity contribution in [1.29, 1.82) is 0 Å². The number of likely N-dealkylation sites (N-methyl/N-ethyl adjacent to an activating group) is 1. The topological polar surface area (TPSA) is 50.3 Å². The van der Waals surface area contributed by atoms with Crippen LogP contribution in [0.4, 0.5) is 0 Å². The summed E-state index contributed by atoms with van der Waals surface area (Å²) in [7, 11) is 1.75. The van der Waals surface area contributed by atoms with E-state index in [1.165, 1.54) is 0 Å². The van der Waals surface area contributed by atoms with Crippen molar-refractivity contribution in [2.24, 2.45) is 0 Å². The second-order valence-corrected chi connectivity index (χ2v) is 6.97. The molecule has 3 rings (SSSR count). The van der Waals surface area contributed by atoms with Crippen LogP contribution in [0.1, 0.15) is 43.1 Å². The summed E-state index contributed by atoms with van der Waals surface area (Å²) in [5.74, 6) is -0.297. The fraction of sp³-hybridized carbons (Fsp3) is 0.208. The number of hydrogen-bond acceptors (Lipinski definition) is 3. The summed E-state index contributed by atoms with van der Waals surface area (Å²) in [5, 5.41) is 0. The molecule has 4 heteroatoms. The Morgan fingerprint density at radius 1 is 0.893 bits per heavy atom. The van der Waals surface area contributed by atoms with Gasteiger partial charge in [-0.05, 0) is 49.2 Å². The lowest BCUT2D eigenvalue weighted by atomic mass is 9.95. The highest BCUT2D eigenvalue weighted by Crippen LogP contribution is 2.19. The van der Waals surface area contributed by atoms with E-state index in [0.29, 0.717) is 29.7 Å². The van der Waals surface area contributed by atoms with Gasteiger partial charge in [-0.1, -0.05) is 36.4 Å². The molecule has 0 aliphatic heterocycles. The summed E-state index contributed by atoms with van der Waals surface area (Å²) < 4.78 is 0. The maximum absolute atomic E-state index is 13.1. The lowest BCUT2D eigenvalue weighted by Crippen LogP contribution is -2.30. The lowest BCUT2D eigenvalue weighted by Gasteiger charge is -2.19. The molecule has 0 radical (unpaired) electrons. The summed E-state index contributed by atoms with van der Waals surface area (Å²) >= 11 is 0. The van der Waals surface area contributed by atoms with Crippen molar-refractivity contribution in [2.75, 3.05) is 13.6 Å². The first-order chi connectivity index (χ1) is 13.5. The molecule has 0 saturated heterocycles. The predicted octanol–water partition coefficient (Wildman–Crippen LogP) is 4.24. The van der Waals surface area contributed by atoms with E-state index in [2.05, 4.69) is 4.98 Å². The van der Waals surface area contributed by atoms with Crippen molar-refractivity contribution < 1.29 is 9.59 Å². The maximum atomic E-state index is 13.1. The molecule has 3 aromatic rings. The zero-order valence-electron chi connectivity index (χ0n) is 16.5. The van der Waals surface area contributed by atoms with Crippen LogP contribution in [-0.2, 0) is 6.42 Å². The molecule has 1 aromatic heterocycles. The summed E-state index contributed by atoms with van der Waals surface area (Å²) in [6.07, 6.45) is 2.41. The average molecular weight is 372 g/mol. The largest absolute Gasteiger partial charge is 0.341 e. The van der Waals surface area contributed by atoms with Gasteiger partial charge >= 0.3 is 0 Å². The standard InChI is InChI=1S/C24H24N2O2/c1-17-11-12-19(16-18(17)2)23(27)21-9-4-5-10-22(21)24(28)26(3)15-13-20-8-6-7-14-25-20/h4-12,14,16H,13,15H2,1-3H3. The highest BCUT2D eigenvalue weighted by atomic mass is 16.2. The Morgan fingerprint density at radius 2 is 1.61 bits per heavy atom. The Kier molecular flexibility index (Phi) is 5.99. The Balaban J connectivity index is 1.81. The van der Waals surface area contributed by atoms with Gasteiger partial charge in [0.1, 0.15) is 0 Å². The van der Waals surface area contributed by atoms with Crippen molar-refractivity contribution in [3.8, 4) is 0 Å². The molecule has 1 amide bonds. The molecular weight excluding hydrogens is 348 g/mol. The predicted molar refractivity (Wildman–Crippen MR) is 111 cm³/mol. The number of carbonyl (C=O) groups excluding carboxylic acids is 2. The first-order valence-corrected chi connectivity index (χ1v) is 9.33. The number of aryl methyl sites for hydroxylation is 2. The number of rotatable bonds is 6. The van der Waals surface area contributed by atoms with E-state index in [0.717, 1.165) is 16.8 Å². The molecule has 0 aliphatic rings. The minimum absolute atomic E-state index is 0.134. The number of carbonyl (C=O) groups is 2. The zero-order valence-corrected chi connectivity index (χ0v) is 16.5. The molecule has 4 nitrogen and oxygen atoms in total. The monoisotopic (exact) mass is 372 g/mol. The second kappa shape index (κ2) is 8.61. The van der Waals surface area contributed by atoms with E-state index in [4.69, 9.17) is 0 Å². The molecule has 0 spiro atoms. The van der Waals surface area contributed by atoms with Crippen molar-refractivity contribution in [3.05, 3.63) is 100 Å². The summed E-state index contributed by atoms with van der Waals surface area (Å²) in [4.78, 5) is 32.0. The number of hydrogen-bond donors (Lipinski definition) is 0. The molecule has 0 aliphatic carbocycles. The van der Waals surface area contributed by atoms with E-state index in [9.17, 15) is 9.59 Å². The first kappa shape index (κ1) is 19.5. The van der Waals surface area contributed by atoms with Gasteiger partial charge in [0, 0.05) is 43.0 Å². The number of aromatic nitrogens is 1. The summed E-state index contributed by atoms with van der Waals surface area (Å²) in [5.41, 5.74) is 4.58. The van der Waals surface area contributed by atoms with Crippen LogP contribution >= 0.6 is 0 Å². The van der Waals surface area contributed by atoms with Gasteiger partial charge in [0.05, 0.1) is 5.56 Å². The average Bonchev–Trinajstić information content (AvgIpc) is 2.73. The number of pyridine rings is 1. The van der Waals surface area contributed by atoms with E-state index in [1.807, 2.05) is 50.2 Å². The normalized spacial score (nSPS) is 10.5. The number of benzene rings is 2. The maximum Gasteiger partial charge on any atom is 0.254 e. The van der Waals surface area contributed by atoms with Gasteiger partial charge in [0.2, 0.25) is 0 Å². The Hall–Kier alpha value is -3.27. The summed E-state index contributed by atoms with van der Waals surface area (Å²) in [6, 6.07) is 18.4. The molecule has 28 heavy (non-hydrogen) atoms. The Labute approximate surface area is 165 Å². The SMILES string of the molecule is Cc1ccc(C(=O)c2ccccc2C(=O)N(C)CCc2ccccn2)cc1C. The van der Waals surface area contributed by atoms with Crippen LogP contribution in [0.15, 0.2) is 66.9 Å². The number of ketones is 1. The lowest BCUT2D eigenvalue weighted by molar-refractivity contribution is 0.0791. The van der Waals surface area contributed by atoms with Gasteiger partial charge in [0.15, 0.2) is 5.78 Å². The quantitative estimate of drug-likeness (QED) is 0.608. The van der Waals surface area contributed by atoms with Gasteiger partial charge < -0.3 is 4.90 Å². The fourth-order valence-corrected chi connectivity index (χ4v) is 3.04. The second-order valence-electron chi connectivity index (χ2n) is 6.97. The van der Waals surface area contributed by atoms with Crippen molar-refractivity contribution in [2.45, 2.75) is 20.3 Å². The summed E-state index contributed by atoms with van der Waals surface area (Å²) in [6.45, 7) is 4.52. The van der Waals surface area contributed by atoms with Crippen molar-refractivity contribution in [1.82, 2.24) is 9.88 Å². The molecule has 0 unspecified atom stereocenters. The van der Waals surface area contributed by atoms with Crippen LogP contribution in [0.5, 0.6) is 0 Å². The molecule has 142 valence electrons. The molecule has 1 heterocycles. The fourth-order valence-electron chi connectivity index (χ4n) is 3.04. The van der Waals surface area contributed by atoms with Crippen LogP contribution in [0.25, 0.3) is 0 Å². The Bertz CT molecular complexity index is 996. The van der Waals surface area contributed by atoms with Gasteiger partial charge in [-0.3, -0.25) is 14.6 Å². The third kappa shape index (κ3) is 4.34. The molecular formula is C24H24N2O2. The van der Waals surface area contributed by atoms with Crippen molar-refractivity contribution in [3.63, 3.8) is 0 Å². The molecule has 0 fully saturated rings. The molecule has 2 aromatic carbocycles. The highest BCUT2D eigenvalue weighted by molar-refractivity contribution is 6.15. The molecule has 0 atom stereocenters. The zero-order chi connectivity index (χ0) is 20.1. The van der Waals surface area contributed by atoms with Crippen LogP contribution < -0.4 is 0 Å². The van der Waals surface area contributed by atoms with Gasteiger partial charge in [-0.25, -0.2) is 0 Å². The Morgan fingerprint density at radius 3 is 2.29 bits per heavy atom. The van der Waals surface area contributed by atoms with Gasteiger partial charge in [0.25, 0.3) is 5.91 Å².